The largest absolute Gasteiger partial charge is 0.457 e. The molecular weight excluding hydrogens is 476 g/mol. The van der Waals surface area contributed by atoms with Crippen LogP contribution in [-0.4, -0.2) is 0 Å². The van der Waals surface area contributed by atoms with Gasteiger partial charge in [0.2, 0.25) is 0 Å². The molecule has 6 aromatic rings. The Balaban J connectivity index is 1.37. The standard InChI is InChI=1S/C37H26O2/c1-3-11-29(12-4-1)38-31-23-19-27(20-24-31)37(28-21-25-32(26-22-28)39-30-13-5-2-6-14-30)35-17-9-7-15-33(35)34-16-8-10-18-36(34)37/h1-26H. The lowest BCUT2D eigenvalue weighted by molar-refractivity contribution is 0.482. The van der Waals surface area contributed by atoms with Crippen LogP contribution in [0.2, 0.25) is 0 Å². The molecule has 7 rings (SSSR count). The molecule has 2 nitrogen and oxygen atoms in total. The fourth-order valence-electron chi connectivity index (χ4n) is 5.82. The molecule has 0 aliphatic heterocycles. The molecule has 6 aromatic carbocycles. The van der Waals surface area contributed by atoms with Gasteiger partial charge in [-0.3, -0.25) is 0 Å². The first-order valence-corrected chi connectivity index (χ1v) is 13.2. The highest BCUT2D eigenvalue weighted by molar-refractivity contribution is 5.86. The van der Waals surface area contributed by atoms with Crippen molar-refractivity contribution in [3.63, 3.8) is 0 Å². The van der Waals surface area contributed by atoms with E-state index in [0.29, 0.717) is 0 Å². The predicted molar refractivity (Wildman–Crippen MR) is 157 cm³/mol. The second kappa shape index (κ2) is 9.66. The maximum Gasteiger partial charge on any atom is 0.127 e. The molecular formula is C37H26O2. The highest BCUT2D eigenvalue weighted by atomic mass is 16.5. The van der Waals surface area contributed by atoms with Crippen LogP contribution in [0.3, 0.4) is 0 Å². The van der Waals surface area contributed by atoms with E-state index < -0.39 is 5.41 Å². The van der Waals surface area contributed by atoms with Crippen molar-refractivity contribution in [2.75, 3.05) is 0 Å². The maximum absolute atomic E-state index is 6.13. The van der Waals surface area contributed by atoms with E-state index in [-0.39, 0.29) is 0 Å². The van der Waals surface area contributed by atoms with Gasteiger partial charge in [0.15, 0.2) is 0 Å². The number of benzene rings is 6. The summed E-state index contributed by atoms with van der Waals surface area (Å²) >= 11 is 0. The zero-order chi connectivity index (χ0) is 26.1. The topological polar surface area (TPSA) is 18.5 Å². The molecule has 1 aliphatic rings. The summed E-state index contributed by atoms with van der Waals surface area (Å²) < 4.78 is 12.3. The first kappa shape index (κ1) is 23.1. The lowest BCUT2D eigenvalue weighted by Gasteiger charge is -2.34. The lowest BCUT2D eigenvalue weighted by Crippen LogP contribution is -2.28. The molecule has 0 saturated carbocycles. The SMILES string of the molecule is c1ccc(Oc2ccc(C3(c4ccc(Oc5ccccc5)cc4)c4ccccc4-c4ccccc43)cc2)cc1. The van der Waals surface area contributed by atoms with Crippen LogP contribution in [-0.2, 0) is 5.41 Å². The molecule has 0 bridgehead atoms. The quantitative estimate of drug-likeness (QED) is 0.225. The van der Waals surface area contributed by atoms with E-state index >= 15 is 0 Å². The Bertz CT molecular complexity index is 1590. The zero-order valence-electron chi connectivity index (χ0n) is 21.3. The minimum absolute atomic E-state index is 0.469. The normalized spacial score (nSPS) is 12.8. The minimum Gasteiger partial charge on any atom is -0.457 e. The Morgan fingerprint density at radius 3 is 1.05 bits per heavy atom. The Morgan fingerprint density at radius 1 is 0.308 bits per heavy atom. The number of fused-ring (bicyclic) bond motifs is 3. The molecule has 0 N–H and O–H groups in total. The van der Waals surface area contributed by atoms with Crippen LogP contribution in [0.1, 0.15) is 22.3 Å². The van der Waals surface area contributed by atoms with Crippen LogP contribution in [0.25, 0.3) is 11.1 Å². The Morgan fingerprint density at radius 2 is 0.641 bits per heavy atom. The summed E-state index contributed by atoms with van der Waals surface area (Å²) in [6, 6.07) is 54.4. The summed E-state index contributed by atoms with van der Waals surface area (Å²) in [7, 11) is 0. The molecule has 0 atom stereocenters. The number of ether oxygens (including phenoxy) is 2. The molecule has 186 valence electrons. The van der Waals surface area contributed by atoms with E-state index in [9.17, 15) is 0 Å². The van der Waals surface area contributed by atoms with E-state index in [0.717, 1.165) is 23.0 Å². The smallest absolute Gasteiger partial charge is 0.127 e. The lowest BCUT2D eigenvalue weighted by atomic mass is 9.68. The molecule has 39 heavy (non-hydrogen) atoms. The molecule has 0 unspecified atom stereocenters. The van der Waals surface area contributed by atoms with Crippen molar-refractivity contribution in [3.8, 4) is 34.1 Å². The number of hydrogen-bond donors (Lipinski definition) is 0. The average molecular weight is 503 g/mol. The van der Waals surface area contributed by atoms with Crippen LogP contribution in [0.5, 0.6) is 23.0 Å². The maximum atomic E-state index is 6.13. The summed E-state index contributed by atoms with van der Waals surface area (Å²) in [6.07, 6.45) is 0. The Labute approximate surface area is 228 Å². The van der Waals surface area contributed by atoms with Gasteiger partial charge in [-0.2, -0.15) is 0 Å². The van der Waals surface area contributed by atoms with Crippen molar-refractivity contribution < 1.29 is 9.47 Å². The van der Waals surface area contributed by atoms with Crippen LogP contribution in [0.4, 0.5) is 0 Å². The molecule has 0 spiro atoms. The number of hydrogen-bond acceptors (Lipinski definition) is 2. The molecule has 2 heteroatoms. The van der Waals surface area contributed by atoms with E-state index in [1.807, 2.05) is 60.7 Å². The van der Waals surface area contributed by atoms with Gasteiger partial charge < -0.3 is 9.47 Å². The highest BCUT2D eigenvalue weighted by Crippen LogP contribution is 2.56. The van der Waals surface area contributed by atoms with Crippen LogP contribution in [0.15, 0.2) is 158 Å². The van der Waals surface area contributed by atoms with Gasteiger partial charge in [-0.25, -0.2) is 0 Å². The molecule has 1 aliphatic carbocycles. The van der Waals surface area contributed by atoms with Gasteiger partial charge in [0.05, 0.1) is 5.41 Å². The average Bonchev–Trinajstić information content (AvgIpc) is 3.30. The van der Waals surface area contributed by atoms with Gasteiger partial charge in [0.25, 0.3) is 0 Å². The zero-order valence-corrected chi connectivity index (χ0v) is 21.3. The third-order valence-electron chi connectivity index (χ3n) is 7.48. The van der Waals surface area contributed by atoms with Crippen LogP contribution >= 0.6 is 0 Å². The van der Waals surface area contributed by atoms with E-state index in [1.54, 1.807) is 0 Å². The molecule has 0 heterocycles. The summed E-state index contributed by atoms with van der Waals surface area (Å²) in [5.74, 6) is 3.27. The molecule has 0 aromatic heterocycles. The fraction of sp³-hybridized carbons (Fsp3) is 0.0270. The number of rotatable bonds is 6. The van der Waals surface area contributed by atoms with E-state index in [1.165, 1.54) is 33.4 Å². The monoisotopic (exact) mass is 502 g/mol. The molecule has 0 fully saturated rings. The third-order valence-corrected chi connectivity index (χ3v) is 7.48. The van der Waals surface area contributed by atoms with Gasteiger partial charge >= 0.3 is 0 Å². The highest BCUT2D eigenvalue weighted by Gasteiger charge is 2.45. The van der Waals surface area contributed by atoms with Gasteiger partial charge in [-0.15, -0.1) is 0 Å². The Kier molecular flexibility index (Phi) is 5.71. The van der Waals surface area contributed by atoms with Crippen LogP contribution in [0, 0.1) is 0 Å². The summed E-state index contributed by atoms with van der Waals surface area (Å²) in [6.45, 7) is 0. The first-order valence-electron chi connectivity index (χ1n) is 13.2. The summed E-state index contributed by atoms with van der Waals surface area (Å²) in [4.78, 5) is 0. The number of para-hydroxylation sites is 2. The molecule has 0 amide bonds. The van der Waals surface area contributed by atoms with Gasteiger partial charge in [0, 0.05) is 0 Å². The fourth-order valence-corrected chi connectivity index (χ4v) is 5.82. The van der Waals surface area contributed by atoms with Crippen molar-refractivity contribution in [1.82, 2.24) is 0 Å². The van der Waals surface area contributed by atoms with Gasteiger partial charge in [-0.05, 0) is 81.9 Å². The van der Waals surface area contributed by atoms with Crippen molar-refractivity contribution in [2.45, 2.75) is 5.41 Å². The summed E-state index contributed by atoms with van der Waals surface area (Å²) in [5.41, 5.74) is 7.00. The first-order chi connectivity index (χ1) is 19.3. The van der Waals surface area contributed by atoms with Crippen LogP contribution < -0.4 is 9.47 Å². The predicted octanol–water partition coefficient (Wildman–Crippen LogP) is 9.63. The van der Waals surface area contributed by atoms with Crippen molar-refractivity contribution in [2.24, 2.45) is 0 Å². The minimum atomic E-state index is -0.469. The van der Waals surface area contributed by atoms with E-state index in [4.69, 9.17) is 9.47 Å². The second-order valence-electron chi connectivity index (χ2n) is 9.72. The van der Waals surface area contributed by atoms with Gasteiger partial charge in [0.1, 0.15) is 23.0 Å². The summed E-state index contributed by atoms with van der Waals surface area (Å²) in [5, 5.41) is 0. The van der Waals surface area contributed by atoms with Crippen molar-refractivity contribution >= 4 is 0 Å². The molecule has 0 saturated heterocycles. The Hall–Kier alpha value is -5.08. The third kappa shape index (κ3) is 3.98. The molecule has 0 radical (unpaired) electrons. The van der Waals surface area contributed by atoms with Crippen molar-refractivity contribution in [1.29, 1.82) is 0 Å². The van der Waals surface area contributed by atoms with E-state index in [2.05, 4.69) is 97.1 Å². The van der Waals surface area contributed by atoms with Gasteiger partial charge in [-0.1, -0.05) is 109 Å². The van der Waals surface area contributed by atoms with Crippen molar-refractivity contribution in [3.05, 3.63) is 180 Å². The second-order valence-corrected chi connectivity index (χ2v) is 9.72.